The molecule has 5 nitrogen and oxygen atoms in total. The van der Waals surface area contributed by atoms with Gasteiger partial charge in [-0.3, -0.25) is 4.57 Å². The van der Waals surface area contributed by atoms with Gasteiger partial charge in [-0.15, -0.1) is 10.2 Å². The fraction of sp³-hybridized carbons (Fsp3) is 0.120. The molecule has 0 saturated carbocycles. The van der Waals surface area contributed by atoms with Crippen molar-refractivity contribution in [3.8, 4) is 11.4 Å². The number of nitrogens with zero attached hydrogens (tertiary/aromatic N) is 5. The van der Waals surface area contributed by atoms with E-state index in [2.05, 4.69) is 31.9 Å². The van der Waals surface area contributed by atoms with Gasteiger partial charge in [0.1, 0.15) is 5.82 Å². The van der Waals surface area contributed by atoms with Gasteiger partial charge in [0, 0.05) is 11.3 Å². The summed E-state index contributed by atoms with van der Waals surface area (Å²) in [5, 5.41) is 9.66. The van der Waals surface area contributed by atoms with E-state index in [1.807, 2.05) is 49.4 Å². The van der Waals surface area contributed by atoms with Crippen LogP contribution in [0.2, 0.25) is 0 Å². The number of hydrogen-bond donors (Lipinski definition) is 0. The highest BCUT2D eigenvalue weighted by Gasteiger charge is 2.16. The van der Waals surface area contributed by atoms with Gasteiger partial charge in [0.2, 0.25) is 0 Å². The summed E-state index contributed by atoms with van der Waals surface area (Å²) in [6.45, 7) is 2.60. The zero-order valence-electron chi connectivity index (χ0n) is 17.4. The summed E-state index contributed by atoms with van der Waals surface area (Å²) < 4.78 is 15.5. The van der Waals surface area contributed by atoms with Gasteiger partial charge in [0.15, 0.2) is 11.0 Å². The highest BCUT2D eigenvalue weighted by atomic mass is 32.2. The molecule has 5 rings (SSSR count). The molecule has 3 aromatic carbocycles. The molecule has 5 aromatic rings. The van der Waals surface area contributed by atoms with Gasteiger partial charge in [0.25, 0.3) is 0 Å². The molecule has 0 fully saturated rings. The van der Waals surface area contributed by atoms with Crippen LogP contribution in [0.25, 0.3) is 22.4 Å². The van der Waals surface area contributed by atoms with Crippen molar-refractivity contribution in [2.24, 2.45) is 0 Å². The van der Waals surface area contributed by atoms with E-state index in [0.29, 0.717) is 18.1 Å². The number of rotatable bonds is 6. The van der Waals surface area contributed by atoms with Crippen LogP contribution in [0.1, 0.15) is 17.0 Å². The van der Waals surface area contributed by atoms with Crippen LogP contribution in [0.4, 0.5) is 4.39 Å². The summed E-state index contributed by atoms with van der Waals surface area (Å²) in [6.07, 6.45) is 0. The molecule has 0 amide bonds. The maximum absolute atomic E-state index is 13.5. The number of para-hydroxylation sites is 2. The molecule has 0 atom stereocenters. The summed E-state index contributed by atoms with van der Waals surface area (Å²) in [5.41, 5.74) is 5.56. The molecule has 7 heteroatoms. The third-order valence-electron chi connectivity index (χ3n) is 5.18. The minimum absolute atomic E-state index is 0.275. The number of thioether (sulfide) groups is 1. The summed E-state index contributed by atoms with van der Waals surface area (Å²) in [7, 11) is 0. The Kier molecular flexibility index (Phi) is 5.64. The number of aromatic nitrogens is 5. The van der Waals surface area contributed by atoms with E-state index in [4.69, 9.17) is 4.98 Å². The first-order valence-electron chi connectivity index (χ1n) is 10.3. The molecule has 2 heterocycles. The van der Waals surface area contributed by atoms with Gasteiger partial charge < -0.3 is 0 Å². The van der Waals surface area contributed by atoms with Crippen LogP contribution in [0.3, 0.4) is 0 Å². The van der Waals surface area contributed by atoms with Crippen LogP contribution in [0.15, 0.2) is 84.0 Å². The lowest BCUT2D eigenvalue weighted by molar-refractivity contribution is 0.628. The van der Waals surface area contributed by atoms with E-state index in [1.165, 1.54) is 12.1 Å². The quantitative estimate of drug-likeness (QED) is 0.318. The summed E-state index contributed by atoms with van der Waals surface area (Å²) in [4.78, 5) is 9.48. The second-order valence-corrected chi connectivity index (χ2v) is 8.36. The molecular weight excluding hydrogens is 421 g/mol. The second kappa shape index (κ2) is 8.88. The first kappa shape index (κ1) is 20.3. The maximum Gasteiger partial charge on any atom is 0.192 e. The van der Waals surface area contributed by atoms with E-state index >= 15 is 0 Å². The summed E-state index contributed by atoms with van der Waals surface area (Å²) in [6, 6.07) is 24.4. The predicted octanol–water partition coefficient (Wildman–Crippen LogP) is 5.68. The fourth-order valence-electron chi connectivity index (χ4n) is 3.51. The van der Waals surface area contributed by atoms with Crippen molar-refractivity contribution in [3.05, 3.63) is 102 Å². The fourth-order valence-corrected chi connectivity index (χ4v) is 4.46. The van der Waals surface area contributed by atoms with Gasteiger partial charge in [-0.1, -0.05) is 54.2 Å². The van der Waals surface area contributed by atoms with Crippen molar-refractivity contribution < 1.29 is 4.39 Å². The molecule has 0 spiro atoms. The highest BCUT2D eigenvalue weighted by Crippen LogP contribution is 2.28. The van der Waals surface area contributed by atoms with Gasteiger partial charge in [-0.05, 0) is 48.9 Å². The molecule has 0 bridgehead atoms. The van der Waals surface area contributed by atoms with Gasteiger partial charge >= 0.3 is 0 Å². The van der Waals surface area contributed by atoms with E-state index < -0.39 is 0 Å². The van der Waals surface area contributed by atoms with Crippen LogP contribution < -0.4 is 0 Å². The maximum atomic E-state index is 13.5. The number of benzene rings is 3. The lowest BCUT2D eigenvalue weighted by Gasteiger charge is -2.11. The Morgan fingerprint density at radius 1 is 0.812 bits per heavy atom. The molecule has 0 radical (unpaired) electrons. The number of fused-ring (bicyclic) bond motifs is 1. The van der Waals surface area contributed by atoms with Crippen molar-refractivity contribution in [2.45, 2.75) is 24.4 Å². The molecule has 0 unspecified atom stereocenters. The van der Waals surface area contributed by atoms with Crippen molar-refractivity contribution in [1.82, 2.24) is 24.7 Å². The topological polar surface area (TPSA) is 56.5 Å². The molecule has 0 saturated heterocycles. The third kappa shape index (κ3) is 4.24. The Bertz CT molecular complexity index is 1370. The Balaban J connectivity index is 1.48. The van der Waals surface area contributed by atoms with Crippen molar-refractivity contribution in [1.29, 1.82) is 0 Å². The largest absolute Gasteiger partial charge is 0.298 e. The molecule has 32 heavy (non-hydrogen) atoms. The molecular formula is C25H20FN5S. The molecule has 0 aliphatic heterocycles. The van der Waals surface area contributed by atoms with Crippen LogP contribution in [-0.2, 0) is 12.3 Å². The average molecular weight is 442 g/mol. The molecule has 158 valence electrons. The van der Waals surface area contributed by atoms with Crippen LogP contribution >= 0.6 is 11.8 Å². The monoisotopic (exact) mass is 441 g/mol. The predicted molar refractivity (Wildman–Crippen MR) is 125 cm³/mol. The minimum Gasteiger partial charge on any atom is -0.298 e. The van der Waals surface area contributed by atoms with Crippen LogP contribution in [0, 0.1) is 12.7 Å². The van der Waals surface area contributed by atoms with E-state index in [-0.39, 0.29) is 5.82 Å². The Hall–Kier alpha value is -3.58. The number of halogens is 1. The lowest BCUT2D eigenvalue weighted by Crippen LogP contribution is -2.05. The minimum atomic E-state index is -0.275. The molecule has 0 aliphatic carbocycles. The first-order chi connectivity index (χ1) is 15.7. The first-order valence-corrected chi connectivity index (χ1v) is 11.2. The summed E-state index contributed by atoms with van der Waals surface area (Å²) in [5.74, 6) is 1.06. The standard InChI is InChI=1S/C25H20FN5S/c1-17-23(28-22-10-6-5-9-21(22)27-17)16-32-25-30-29-24(19-11-13-20(26)14-12-19)31(25)15-18-7-3-2-4-8-18/h2-14H,15-16H2,1H3. The lowest BCUT2D eigenvalue weighted by atomic mass is 10.2. The van der Waals surface area contributed by atoms with Crippen molar-refractivity contribution >= 4 is 22.8 Å². The van der Waals surface area contributed by atoms with Crippen molar-refractivity contribution in [2.75, 3.05) is 0 Å². The van der Waals surface area contributed by atoms with Crippen molar-refractivity contribution in [3.63, 3.8) is 0 Å². The van der Waals surface area contributed by atoms with E-state index in [0.717, 1.165) is 38.7 Å². The summed E-state index contributed by atoms with van der Waals surface area (Å²) >= 11 is 1.57. The SMILES string of the molecule is Cc1nc2ccccc2nc1CSc1nnc(-c2ccc(F)cc2)n1Cc1ccccc1. The molecule has 0 N–H and O–H groups in total. The van der Waals surface area contributed by atoms with E-state index in [9.17, 15) is 4.39 Å². The van der Waals surface area contributed by atoms with Crippen LogP contribution in [0.5, 0.6) is 0 Å². The smallest absolute Gasteiger partial charge is 0.192 e. The van der Waals surface area contributed by atoms with Crippen LogP contribution in [-0.4, -0.2) is 24.7 Å². The molecule has 0 aliphatic rings. The normalized spacial score (nSPS) is 11.2. The van der Waals surface area contributed by atoms with Gasteiger partial charge in [-0.2, -0.15) is 0 Å². The Morgan fingerprint density at radius 2 is 1.50 bits per heavy atom. The Labute approximate surface area is 189 Å². The van der Waals surface area contributed by atoms with E-state index in [1.54, 1.807) is 23.9 Å². The second-order valence-electron chi connectivity index (χ2n) is 7.42. The highest BCUT2D eigenvalue weighted by molar-refractivity contribution is 7.98. The Morgan fingerprint density at radius 3 is 2.25 bits per heavy atom. The number of hydrogen-bond acceptors (Lipinski definition) is 5. The third-order valence-corrected chi connectivity index (χ3v) is 6.16. The van der Waals surface area contributed by atoms with Gasteiger partial charge in [-0.25, -0.2) is 14.4 Å². The average Bonchev–Trinajstić information content (AvgIpc) is 3.21. The molecule has 2 aromatic heterocycles. The zero-order chi connectivity index (χ0) is 21.9. The zero-order valence-corrected chi connectivity index (χ0v) is 18.3. The number of aryl methyl sites for hydroxylation is 1. The van der Waals surface area contributed by atoms with Gasteiger partial charge in [0.05, 0.1) is 29.0 Å².